The van der Waals surface area contributed by atoms with Crippen LogP contribution in [-0.2, 0) is 14.3 Å². The Hall–Kier alpha value is -0.910. The molecule has 2 saturated carbocycles. The van der Waals surface area contributed by atoms with Gasteiger partial charge in [0.2, 0.25) is 0 Å². The fourth-order valence-corrected chi connectivity index (χ4v) is 4.90. The molecule has 0 N–H and O–H groups in total. The van der Waals surface area contributed by atoms with Crippen molar-refractivity contribution in [1.29, 1.82) is 0 Å². The zero-order valence-corrected chi connectivity index (χ0v) is 11.4. The first-order chi connectivity index (χ1) is 9.24. The zero-order valence-electron chi connectivity index (χ0n) is 10.6. The standard InChI is InChI=1S/C13H17NO4S/c15-12-9-6-7-5-8(9)11(17-12)10(7)18-13(16)14-1-3-19-4-2-14/h7-11H,1-6H2. The molecule has 0 aromatic carbocycles. The van der Waals surface area contributed by atoms with Crippen LogP contribution in [0.15, 0.2) is 0 Å². The van der Waals surface area contributed by atoms with Crippen LogP contribution in [-0.4, -0.2) is 53.8 Å². The van der Waals surface area contributed by atoms with Crippen molar-refractivity contribution in [3.63, 3.8) is 0 Å². The third-order valence-electron chi connectivity index (χ3n) is 4.92. The lowest BCUT2D eigenvalue weighted by molar-refractivity contribution is -0.146. The van der Waals surface area contributed by atoms with Crippen LogP contribution in [0.3, 0.4) is 0 Å². The van der Waals surface area contributed by atoms with E-state index >= 15 is 0 Å². The van der Waals surface area contributed by atoms with Gasteiger partial charge in [0.05, 0.1) is 5.92 Å². The molecule has 2 aliphatic carbocycles. The third kappa shape index (κ3) is 1.75. The number of carbonyl (C=O) groups excluding carboxylic acids is 2. The minimum atomic E-state index is -0.225. The van der Waals surface area contributed by atoms with Gasteiger partial charge in [-0.1, -0.05) is 0 Å². The smallest absolute Gasteiger partial charge is 0.410 e. The predicted molar refractivity (Wildman–Crippen MR) is 68.8 cm³/mol. The maximum absolute atomic E-state index is 12.1. The molecular formula is C13H17NO4S. The van der Waals surface area contributed by atoms with Crippen molar-refractivity contribution in [3.8, 4) is 0 Å². The number of nitrogens with zero attached hydrogens (tertiary/aromatic N) is 1. The van der Waals surface area contributed by atoms with Gasteiger partial charge in [-0.15, -0.1) is 0 Å². The number of hydrogen-bond acceptors (Lipinski definition) is 5. The van der Waals surface area contributed by atoms with E-state index in [1.54, 1.807) is 4.90 Å². The lowest BCUT2D eigenvalue weighted by Crippen LogP contribution is -2.43. The summed E-state index contributed by atoms with van der Waals surface area (Å²) in [6.07, 6.45) is 1.23. The van der Waals surface area contributed by atoms with Crippen LogP contribution < -0.4 is 0 Å². The minimum Gasteiger partial charge on any atom is -0.458 e. The number of hydrogen-bond donors (Lipinski definition) is 0. The first-order valence-corrected chi connectivity index (χ1v) is 8.13. The SMILES string of the molecule is O=C1OC2C3CC(CC13)C2OC(=O)N1CCSCC1. The Morgan fingerprint density at radius 2 is 2.11 bits per heavy atom. The molecule has 4 rings (SSSR count). The number of ether oxygens (including phenoxy) is 2. The van der Waals surface area contributed by atoms with Gasteiger partial charge in [-0.05, 0) is 12.8 Å². The van der Waals surface area contributed by atoms with E-state index in [9.17, 15) is 9.59 Å². The second-order valence-corrected chi connectivity index (χ2v) is 7.08. The number of thioether (sulfide) groups is 1. The normalized spacial score (nSPS) is 43.5. The fraction of sp³-hybridized carbons (Fsp3) is 0.846. The Kier molecular flexibility index (Phi) is 2.69. The van der Waals surface area contributed by atoms with E-state index in [2.05, 4.69) is 0 Å². The van der Waals surface area contributed by atoms with E-state index in [1.165, 1.54) is 0 Å². The van der Waals surface area contributed by atoms with Gasteiger partial charge in [-0.2, -0.15) is 11.8 Å². The van der Waals surface area contributed by atoms with E-state index in [0.29, 0.717) is 11.8 Å². The predicted octanol–water partition coefficient (Wildman–Crippen LogP) is 1.12. The van der Waals surface area contributed by atoms with E-state index in [1.807, 2.05) is 11.8 Å². The highest BCUT2D eigenvalue weighted by atomic mass is 32.2. The van der Waals surface area contributed by atoms with Crippen molar-refractivity contribution in [3.05, 3.63) is 0 Å². The molecule has 2 saturated heterocycles. The molecule has 0 aromatic heterocycles. The Balaban J connectivity index is 1.44. The summed E-state index contributed by atoms with van der Waals surface area (Å²) in [6, 6.07) is 0. The van der Waals surface area contributed by atoms with Crippen LogP contribution in [0.2, 0.25) is 0 Å². The van der Waals surface area contributed by atoms with Crippen molar-refractivity contribution < 1.29 is 19.1 Å². The molecule has 0 radical (unpaired) electrons. The molecule has 2 heterocycles. The van der Waals surface area contributed by atoms with Gasteiger partial charge in [-0.25, -0.2) is 4.79 Å². The lowest BCUT2D eigenvalue weighted by Gasteiger charge is -2.30. The van der Waals surface area contributed by atoms with Crippen molar-refractivity contribution in [2.75, 3.05) is 24.6 Å². The highest BCUT2D eigenvalue weighted by Crippen LogP contribution is 2.55. The Morgan fingerprint density at radius 1 is 1.32 bits per heavy atom. The molecule has 0 spiro atoms. The van der Waals surface area contributed by atoms with Crippen molar-refractivity contribution in [1.82, 2.24) is 4.90 Å². The molecule has 2 aliphatic heterocycles. The van der Waals surface area contributed by atoms with Crippen LogP contribution in [0, 0.1) is 17.8 Å². The van der Waals surface area contributed by atoms with Crippen molar-refractivity contribution in [2.24, 2.45) is 17.8 Å². The molecular weight excluding hydrogens is 266 g/mol. The van der Waals surface area contributed by atoms with Crippen LogP contribution in [0.25, 0.3) is 0 Å². The molecule has 5 unspecified atom stereocenters. The second kappa shape index (κ2) is 4.30. The zero-order chi connectivity index (χ0) is 13.0. The molecule has 5 atom stereocenters. The van der Waals surface area contributed by atoms with Crippen LogP contribution in [0.5, 0.6) is 0 Å². The van der Waals surface area contributed by atoms with Gasteiger partial charge in [0.1, 0.15) is 12.2 Å². The summed E-state index contributed by atoms with van der Waals surface area (Å²) in [5, 5.41) is 0. The Morgan fingerprint density at radius 3 is 2.89 bits per heavy atom. The summed E-state index contributed by atoms with van der Waals surface area (Å²) in [5.41, 5.74) is 0. The third-order valence-corrected chi connectivity index (χ3v) is 5.86. The van der Waals surface area contributed by atoms with E-state index < -0.39 is 0 Å². The van der Waals surface area contributed by atoms with E-state index in [4.69, 9.17) is 9.47 Å². The largest absolute Gasteiger partial charge is 0.458 e. The van der Waals surface area contributed by atoms with Crippen molar-refractivity contribution in [2.45, 2.75) is 25.0 Å². The summed E-state index contributed by atoms with van der Waals surface area (Å²) < 4.78 is 11.1. The van der Waals surface area contributed by atoms with Gasteiger partial charge in [0.15, 0.2) is 0 Å². The number of carbonyl (C=O) groups is 2. The number of rotatable bonds is 1. The summed E-state index contributed by atoms with van der Waals surface area (Å²) >= 11 is 1.86. The molecule has 6 heteroatoms. The first-order valence-electron chi connectivity index (χ1n) is 6.98. The Labute approximate surface area is 116 Å². The minimum absolute atomic E-state index is 0.0783. The molecule has 4 aliphatic rings. The first kappa shape index (κ1) is 11.9. The summed E-state index contributed by atoms with van der Waals surface area (Å²) in [7, 11) is 0. The van der Waals surface area contributed by atoms with Gasteiger partial charge in [0.25, 0.3) is 0 Å². The molecule has 5 nitrogen and oxygen atoms in total. The van der Waals surface area contributed by atoms with Crippen LogP contribution in [0.1, 0.15) is 12.8 Å². The number of amides is 1. The Bertz CT molecular complexity index is 423. The fourth-order valence-electron chi connectivity index (χ4n) is 4.00. The monoisotopic (exact) mass is 283 g/mol. The summed E-state index contributed by atoms with van der Waals surface area (Å²) in [6.45, 7) is 1.52. The van der Waals surface area contributed by atoms with E-state index in [-0.39, 0.29) is 30.2 Å². The molecule has 2 bridgehead atoms. The molecule has 1 amide bonds. The molecule has 104 valence electrons. The van der Waals surface area contributed by atoms with Gasteiger partial charge in [0, 0.05) is 36.4 Å². The highest BCUT2D eigenvalue weighted by molar-refractivity contribution is 7.99. The average Bonchev–Trinajstić information content (AvgIpc) is 3.04. The van der Waals surface area contributed by atoms with E-state index in [0.717, 1.165) is 37.4 Å². The maximum atomic E-state index is 12.1. The van der Waals surface area contributed by atoms with Crippen molar-refractivity contribution >= 4 is 23.8 Å². The lowest BCUT2D eigenvalue weighted by atomic mass is 9.88. The summed E-state index contributed by atoms with van der Waals surface area (Å²) in [4.78, 5) is 25.6. The maximum Gasteiger partial charge on any atom is 0.410 e. The molecule has 19 heavy (non-hydrogen) atoms. The van der Waals surface area contributed by atoms with Gasteiger partial charge < -0.3 is 14.4 Å². The van der Waals surface area contributed by atoms with Crippen LogP contribution >= 0.6 is 11.8 Å². The summed E-state index contributed by atoms with van der Waals surface area (Å²) in [5.74, 6) is 2.59. The molecule has 0 aromatic rings. The quantitative estimate of drug-likeness (QED) is 0.675. The number of esters is 1. The van der Waals surface area contributed by atoms with Crippen LogP contribution in [0.4, 0.5) is 4.79 Å². The highest BCUT2D eigenvalue weighted by Gasteiger charge is 2.63. The number of fused-ring (bicyclic) bond motifs is 1. The second-order valence-electron chi connectivity index (χ2n) is 5.85. The average molecular weight is 283 g/mol. The topological polar surface area (TPSA) is 55.8 Å². The molecule has 4 fully saturated rings. The van der Waals surface area contributed by atoms with Gasteiger partial charge in [-0.3, -0.25) is 4.79 Å². The van der Waals surface area contributed by atoms with Gasteiger partial charge >= 0.3 is 12.1 Å².